The van der Waals surface area contributed by atoms with Crippen molar-refractivity contribution in [2.45, 2.75) is 6.42 Å². The van der Waals surface area contributed by atoms with Crippen LogP contribution in [-0.4, -0.2) is 26.1 Å². The number of rotatable bonds is 5. The Labute approximate surface area is 154 Å². The van der Waals surface area contributed by atoms with Crippen LogP contribution in [0.25, 0.3) is 16.9 Å². The maximum absolute atomic E-state index is 13.4. The standard InChI is InChI=1S/C19H15ClFN5/c20-15-11-13(4-5-16(15)21)17-12-24-19-7-6-18(25-26(17)19)23-10-8-14-3-1-2-9-22-14/h1-7,9,11-12H,8,10H2,(H,23,25). The summed E-state index contributed by atoms with van der Waals surface area (Å²) in [7, 11) is 0. The van der Waals surface area contributed by atoms with E-state index in [4.69, 9.17) is 11.6 Å². The predicted molar refractivity (Wildman–Crippen MR) is 99.8 cm³/mol. The van der Waals surface area contributed by atoms with E-state index in [9.17, 15) is 4.39 Å². The molecule has 3 heterocycles. The predicted octanol–water partition coefficient (Wildman–Crippen LogP) is 4.24. The summed E-state index contributed by atoms with van der Waals surface area (Å²) >= 11 is 5.90. The van der Waals surface area contributed by atoms with Gasteiger partial charge in [0.05, 0.1) is 16.9 Å². The average Bonchev–Trinajstić information content (AvgIpc) is 3.08. The van der Waals surface area contributed by atoms with Gasteiger partial charge in [-0.3, -0.25) is 4.98 Å². The van der Waals surface area contributed by atoms with Gasteiger partial charge in [0.25, 0.3) is 0 Å². The van der Waals surface area contributed by atoms with Gasteiger partial charge in [-0.05, 0) is 42.5 Å². The van der Waals surface area contributed by atoms with Gasteiger partial charge in [0.15, 0.2) is 5.65 Å². The third-order valence-electron chi connectivity index (χ3n) is 3.99. The van der Waals surface area contributed by atoms with E-state index in [1.54, 1.807) is 29.0 Å². The van der Waals surface area contributed by atoms with Crippen LogP contribution < -0.4 is 5.32 Å². The van der Waals surface area contributed by atoms with E-state index in [1.807, 2.05) is 30.3 Å². The Morgan fingerprint density at radius 3 is 2.81 bits per heavy atom. The molecular formula is C19H15ClFN5. The molecule has 3 aromatic heterocycles. The van der Waals surface area contributed by atoms with Crippen LogP contribution in [0.5, 0.6) is 0 Å². The van der Waals surface area contributed by atoms with Gasteiger partial charge in [-0.2, -0.15) is 0 Å². The van der Waals surface area contributed by atoms with Gasteiger partial charge >= 0.3 is 0 Å². The van der Waals surface area contributed by atoms with Crippen molar-refractivity contribution < 1.29 is 4.39 Å². The first-order valence-electron chi connectivity index (χ1n) is 8.15. The summed E-state index contributed by atoms with van der Waals surface area (Å²) in [5.74, 6) is 0.273. The summed E-state index contributed by atoms with van der Waals surface area (Å²) in [6, 6.07) is 14.2. The minimum Gasteiger partial charge on any atom is -0.368 e. The van der Waals surface area contributed by atoms with Gasteiger partial charge in [-0.15, -0.1) is 5.10 Å². The molecule has 0 aliphatic carbocycles. The Morgan fingerprint density at radius 2 is 2.00 bits per heavy atom. The lowest BCUT2D eigenvalue weighted by molar-refractivity contribution is 0.628. The normalized spacial score (nSPS) is 11.0. The lowest BCUT2D eigenvalue weighted by Crippen LogP contribution is -2.09. The summed E-state index contributed by atoms with van der Waals surface area (Å²) in [5.41, 5.74) is 3.22. The van der Waals surface area contributed by atoms with E-state index in [-0.39, 0.29) is 5.02 Å². The molecule has 5 nitrogen and oxygen atoms in total. The SMILES string of the molecule is Fc1ccc(-c2cnc3ccc(NCCc4ccccn4)nn23)cc1Cl. The zero-order chi connectivity index (χ0) is 17.9. The lowest BCUT2D eigenvalue weighted by Gasteiger charge is -2.07. The van der Waals surface area contributed by atoms with Crippen molar-refractivity contribution in [1.29, 1.82) is 0 Å². The molecule has 1 aromatic carbocycles. The fourth-order valence-corrected chi connectivity index (χ4v) is 2.87. The van der Waals surface area contributed by atoms with Crippen LogP contribution in [0.2, 0.25) is 5.02 Å². The van der Waals surface area contributed by atoms with Gasteiger partial charge in [0, 0.05) is 30.4 Å². The molecule has 7 heteroatoms. The molecule has 0 aliphatic heterocycles. The number of nitrogens with one attached hydrogen (secondary N) is 1. The van der Waals surface area contributed by atoms with Crippen molar-refractivity contribution >= 4 is 23.1 Å². The number of anilines is 1. The van der Waals surface area contributed by atoms with Gasteiger partial charge in [-0.1, -0.05) is 17.7 Å². The lowest BCUT2D eigenvalue weighted by atomic mass is 10.2. The smallest absolute Gasteiger partial charge is 0.154 e. The molecule has 0 saturated heterocycles. The molecular weight excluding hydrogens is 353 g/mol. The van der Waals surface area contributed by atoms with E-state index in [2.05, 4.69) is 20.4 Å². The maximum atomic E-state index is 13.4. The number of benzene rings is 1. The topological polar surface area (TPSA) is 55.1 Å². The van der Waals surface area contributed by atoms with Crippen molar-refractivity contribution in [3.8, 4) is 11.3 Å². The Hall–Kier alpha value is -2.99. The number of halogens is 2. The van der Waals surface area contributed by atoms with E-state index in [1.165, 1.54) is 6.07 Å². The molecule has 1 N–H and O–H groups in total. The molecule has 0 radical (unpaired) electrons. The number of pyridine rings is 1. The third kappa shape index (κ3) is 3.36. The molecule has 0 aliphatic rings. The van der Waals surface area contributed by atoms with Crippen molar-refractivity contribution in [3.63, 3.8) is 0 Å². The van der Waals surface area contributed by atoms with Gasteiger partial charge < -0.3 is 5.32 Å². The summed E-state index contributed by atoms with van der Waals surface area (Å²) in [4.78, 5) is 8.64. The number of nitrogens with zero attached hydrogens (tertiary/aromatic N) is 4. The Balaban J connectivity index is 1.57. The molecule has 0 spiro atoms. The van der Waals surface area contributed by atoms with Crippen LogP contribution >= 0.6 is 11.6 Å². The number of hydrogen-bond donors (Lipinski definition) is 1. The highest BCUT2D eigenvalue weighted by Crippen LogP contribution is 2.25. The number of aromatic nitrogens is 4. The highest BCUT2D eigenvalue weighted by atomic mass is 35.5. The minimum atomic E-state index is -0.450. The van der Waals surface area contributed by atoms with Crippen molar-refractivity contribution in [1.82, 2.24) is 19.6 Å². The quantitative estimate of drug-likeness (QED) is 0.573. The molecule has 4 rings (SSSR count). The maximum Gasteiger partial charge on any atom is 0.154 e. The van der Waals surface area contributed by atoms with Crippen LogP contribution in [0.4, 0.5) is 10.2 Å². The van der Waals surface area contributed by atoms with Crippen LogP contribution in [-0.2, 0) is 6.42 Å². The average molecular weight is 368 g/mol. The Kier molecular flexibility index (Phi) is 4.50. The van der Waals surface area contributed by atoms with Crippen LogP contribution in [0.3, 0.4) is 0 Å². The van der Waals surface area contributed by atoms with Crippen LogP contribution in [0.15, 0.2) is 60.9 Å². The van der Waals surface area contributed by atoms with Gasteiger partial charge in [0.2, 0.25) is 0 Å². The van der Waals surface area contributed by atoms with E-state index in [0.29, 0.717) is 12.2 Å². The fourth-order valence-electron chi connectivity index (χ4n) is 2.68. The molecule has 0 fully saturated rings. The van der Waals surface area contributed by atoms with Crippen molar-refractivity contribution in [2.75, 3.05) is 11.9 Å². The molecule has 26 heavy (non-hydrogen) atoms. The van der Waals surface area contributed by atoms with Crippen LogP contribution in [0.1, 0.15) is 5.69 Å². The zero-order valence-electron chi connectivity index (χ0n) is 13.7. The van der Waals surface area contributed by atoms with Crippen LogP contribution in [0, 0.1) is 5.82 Å². The molecule has 0 atom stereocenters. The first-order chi connectivity index (χ1) is 12.7. The second-order valence-electron chi connectivity index (χ2n) is 5.76. The molecule has 0 saturated carbocycles. The monoisotopic (exact) mass is 367 g/mol. The second kappa shape index (κ2) is 7.09. The molecule has 130 valence electrons. The van der Waals surface area contributed by atoms with E-state index >= 15 is 0 Å². The van der Waals surface area contributed by atoms with Crippen molar-refractivity contribution in [3.05, 3.63) is 77.5 Å². The summed E-state index contributed by atoms with van der Waals surface area (Å²) in [6.07, 6.45) is 4.28. The first kappa shape index (κ1) is 16.5. The summed E-state index contributed by atoms with van der Waals surface area (Å²) in [5, 5.41) is 7.94. The van der Waals surface area contributed by atoms with Gasteiger partial charge in [0.1, 0.15) is 11.6 Å². The fraction of sp³-hybridized carbons (Fsp3) is 0.105. The largest absolute Gasteiger partial charge is 0.368 e. The van der Waals surface area contributed by atoms with E-state index < -0.39 is 5.82 Å². The highest BCUT2D eigenvalue weighted by Gasteiger charge is 2.10. The second-order valence-corrected chi connectivity index (χ2v) is 6.17. The molecule has 4 aromatic rings. The Morgan fingerprint density at radius 1 is 1.08 bits per heavy atom. The number of hydrogen-bond acceptors (Lipinski definition) is 4. The first-order valence-corrected chi connectivity index (χ1v) is 8.52. The molecule has 0 bridgehead atoms. The number of imidazole rings is 1. The summed E-state index contributed by atoms with van der Waals surface area (Å²) < 4.78 is 15.1. The number of fused-ring (bicyclic) bond motifs is 1. The Bertz CT molecular complexity index is 1050. The minimum absolute atomic E-state index is 0.0714. The van der Waals surface area contributed by atoms with E-state index in [0.717, 1.165) is 29.2 Å². The van der Waals surface area contributed by atoms with Gasteiger partial charge in [-0.25, -0.2) is 13.9 Å². The highest BCUT2D eigenvalue weighted by molar-refractivity contribution is 6.31. The third-order valence-corrected chi connectivity index (χ3v) is 4.28. The van der Waals surface area contributed by atoms with Crippen molar-refractivity contribution in [2.24, 2.45) is 0 Å². The summed E-state index contributed by atoms with van der Waals surface area (Å²) in [6.45, 7) is 0.710. The zero-order valence-corrected chi connectivity index (χ0v) is 14.5. The molecule has 0 amide bonds. The molecule has 0 unspecified atom stereocenters.